The Morgan fingerprint density at radius 1 is 0.544 bits per heavy atom. The van der Waals surface area contributed by atoms with E-state index in [0.29, 0.717) is 63.8 Å². The highest BCUT2D eigenvalue weighted by Gasteiger charge is 2.16. The van der Waals surface area contributed by atoms with E-state index in [2.05, 4.69) is 36.0 Å². The summed E-state index contributed by atoms with van der Waals surface area (Å²) in [5, 5.41) is 2.83. The highest BCUT2D eigenvalue weighted by molar-refractivity contribution is 8.76. The van der Waals surface area contributed by atoms with Crippen LogP contribution in [0.25, 0.3) is 0 Å². The Kier molecular flexibility index (Phi) is 36.9. The molecule has 0 saturated carbocycles. The SMILES string of the molecule is CCCCCCCCCOC(=O)CCCCCN(CCCCCC(=O)OCCCCCCCCC)C(=O)OCCSSCCOC(=O)NCCN1CCN(C)CC1. The third-order valence-corrected chi connectivity index (χ3v) is 12.4. The lowest BCUT2D eigenvalue weighted by Crippen LogP contribution is -2.47. The second-order valence-corrected chi connectivity index (χ2v) is 18.0. The number of piperazine rings is 1. The van der Waals surface area contributed by atoms with Gasteiger partial charge in [-0.05, 0) is 45.6 Å². The van der Waals surface area contributed by atoms with Crippen LogP contribution in [0.4, 0.5) is 9.59 Å². The lowest BCUT2D eigenvalue weighted by atomic mass is 10.1. The van der Waals surface area contributed by atoms with Crippen LogP contribution in [0.1, 0.15) is 155 Å². The van der Waals surface area contributed by atoms with Crippen LogP contribution in [0.2, 0.25) is 0 Å². The van der Waals surface area contributed by atoms with Crippen LogP contribution in [-0.2, 0) is 28.5 Å². The summed E-state index contributed by atoms with van der Waals surface area (Å²) in [5.74, 6) is 1.000. The van der Waals surface area contributed by atoms with Crippen LogP contribution in [0.5, 0.6) is 0 Å². The van der Waals surface area contributed by atoms with E-state index in [-0.39, 0.29) is 30.7 Å². The third-order valence-electron chi connectivity index (χ3n) is 10.1. The highest BCUT2D eigenvalue weighted by atomic mass is 33.1. The van der Waals surface area contributed by atoms with Gasteiger partial charge < -0.3 is 34.1 Å². The van der Waals surface area contributed by atoms with Gasteiger partial charge in [0.25, 0.3) is 0 Å². The molecule has 12 nitrogen and oxygen atoms in total. The van der Waals surface area contributed by atoms with Gasteiger partial charge in [0, 0.05) is 76.7 Å². The minimum atomic E-state index is -0.388. The van der Waals surface area contributed by atoms with Crippen molar-refractivity contribution in [2.45, 2.75) is 155 Å². The topological polar surface area (TPSA) is 127 Å². The van der Waals surface area contributed by atoms with Crippen LogP contribution >= 0.6 is 21.6 Å². The first-order chi connectivity index (χ1) is 27.8. The van der Waals surface area contributed by atoms with Crippen molar-refractivity contribution in [3.63, 3.8) is 0 Å². The number of rotatable bonds is 38. The smallest absolute Gasteiger partial charge is 0.409 e. The molecule has 0 spiro atoms. The Bertz CT molecular complexity index is 949. The Hall–Kier alpha value is -1.90. The first-order valence-electron chi connectivity index (χ1n) is 22.6. The molecule has 0 aromatic rings. The number of hydrogen-bond acceptors (Lipinski definition) is 12. The number of alkyl carbamates (subject to hydrolysis) is 1. The zero-order valence-electron chi connectivity index (χ0n) is 36.4. The molecule has 1 heterocycles. The third kappa shape index (κ3) is 34.7. The van der Waals surface area contributed by atoms with Crippen molar-refractivity contribution < 1.29 is 38.1 Å². The summed E-state index contributed by atoms with van der Waals surface area (Å²) in [7, 11) is 5.29. The van der Waals surface area contributed by atoms with Gasteiger partial charge in [-0.3, -0.25) is 14.5 Å². The number of carbonyl (C=O) groups is 4. The quantitative estimate of drug-likeness (QED) is 0.0275. The average molecular weight is 847 g/mol. The number of carbonyl (C=O) groups excluding carboxylic acids is 4. The normalized spacial score (nSPS) is 13.3. The molecular weight excluding hydrogens is 765 g/mol. The van der Waals surface area contributed by atoms with Gasteiger partial charge in [0.2, 0.25) is 0 Å². The molecule has 334 valence electrons. The molecule has 1 aliphatic heterocycles. The van der Waals surface area contributed by atoms with Gasteiger partial charge >= 0.3 is 24.1 Å². The molecule has 0 aromatic carbocycles. The standard InChI is InChI=1S/C43H82N4O8S2/c1-4-6-8-10-12-14-22-34-52-40(48)24-18-16-20-27-47(28-21-17-19-25-41(49)53-35-23-15-13-11-9-7-5-2)43(51)55-37-39-57-56-38-36-54-42(50)44-26-29-46-32-30-45(3)31-33-46/h4-39H2,1-3H3,(H,44,50). The Balaban J connectivity index is 2.26. The van der Waals surface area contributed by atoms with Gasteiger partial charge in [-0.1, -0.05) is 125 Å². The molecule has 2 amide bonds. The molecule has 1 saturated heterocycles. The summed E-state index contributed by atoms with van der Waals surface area (Å²) in [6.45, 7) is 12.7. The first kappa shape index (κ1) is 53.1. The van der Waals surface area contributed by atoms with Crippen molar-refractivity contribution in [1.82, 2.24) is 20.0 Å². The van der Waals surface area contributed by atoms with Gasteiger partial charge in [0.15, 0.2) is 0 Å². The molecule has 0 aliphatic carbocycles. The van der Waals surface area contributed by atoms with Crippen molar-refractivity contribution in [2.75, 3.05) is 97.3 Å². The fourth-order valence-electron chi connectivity index (χ4n) is 6.41. The van der Waals surface area contributed by atoms with E-state index in [1.54, 1.807) is 26.5 Å². The summed E-state index contributed by atoms with van der Waals surface area (Å²) < 4.78 is 21.8. The molecule has 0 unspecified atom stereocenters. The predicted molar refractivity (Wildman–Crippen MR) is 236 cm³/mol. The molecule has 57 heavy (non-hydrogen) atoms. The fraction of sp³-hybridized carbons (Fsp3) is 0.907. The molecule has 0 atom stereocenters. The maximum absolute atomic E-state index is 13.1. The summed E-state index contributed by atoms with van der Waals surface area (Å²) in [6, 6.07) is 0. The van der Waals surface area contributed by atoms with Gasteiger partial charge in [0.1, 0.15) is 13.2 Å². The van der Waals surface area contributed by atoms with E-state index in [1.165, 1.54) is 64.2 Å². The summed E-state index contributed by atoms with van der Waals surface area (Å²) in [5.41, 5.74) is 0. The van der Waals surface area contributed by atoms with E-state index in [1.807, 2.05) is 0 Å². The van der Waals surface area contributed by atoms with Crippen LogP contribution in [0.3, 0.4) is 0 Å². The molecule has 1 fully saturated rings. The molecule has 0 aromatic heterocycles. The van der Waals surface area contributed by atoms with Crippen LogP contribution in [0.15, 0.2) is 0 Å². The molecule has 0 radical (unpaired) electrons. The molecule has 1 rings (SSSR count). The van der Waals surface area contributed by atoms with E-state index >= 15 is 0 Å². The van der Waals surface area contributed by atoms with Gasteiger partial charge in [-0.25, -0.2) is 9.59 Å². The van der Waals surface area contributed by atoms with E-state index < -0.39 is 0 Å². The number of unbranched alkanes of at least 4 members (excludes halogenated alkanes) is 16. The van der Waals surface area contributed by atoms with Crippen molar-refractivity contribution in [1.29, 1.82) is 0 Å². The number of ether oxygens (including phenoxy) is 4. The van der Waals surface area contributed by atoms with E-state index in [4.69, 9.17) is 18.9 Å². The minimum Gasteiger partial charge on any atom is -0.466 e. The van der Waals surface area contributed by atoms with Crippen molar-refractivity contribution >= 4 is 45.7 Å². The average Bonchev–Trinajstić information content (AvgIpc) is 3.20. The number of nitrogens with zero attached hydrogens (tertiary/aromatic N) is 3. The number of nitrogens with one attached hydrogen (secondary N) is 1. The number of esters is 2. The minimum absolute atomic E-state index is 0.139. The maximum atomic E-state index is 13.1. The maximum Gasteiger partial charge on any atom is 0.409 e. The number of likely N-dealkylation sites (N-methyl/N-ethyl adjacent to an activating group) is 1. The Labute approximate surface area is 355 Å². The van der Waals surface area contributed by atoms with Crippen LogP contribution < -0.4 is 5.32 Å². The molecule has 14 heteroatoms. The van der Waals surface area contributed by atoms with Crippen molar-refractivity contribution in [3.05, 3.63) is 0 Å². The molecule has 1 aliphatic rings. The van der Waals surface area contributed by atoms with E-state index in [0.717, 1.165) is 96.9 Å². The number of hydrogen-bond donors (Lipinski definition) is 1. The monoisotopic (exact) mass is 847 g/mol. The lowest BCUT2D eigenvalue weighted by molar-refractivity contribution is -0.144. The molecular formula is C43H82N4O8S2. The second-order valence-electron chi connectivity index (χ2n) is 15.3. The largest absolute Gasteiger partial charge is 0.466 e. The van der Waals surface area contributed by atoms with Gasteiger partial charge in [0.05, 0.1) is 13.2 Å². The summed E-state index contributed by atoms with van der Waals surface area (Å²) in [6.07, 6.45) is 21.4. The predicted octanol–water partition coefficient (Wildman–Crippen LogP) is 9.49. The zero-order valence-corrected chi connectivity index (χ0v) is 38.0. The van der Waals surface area contributed by atoms with Crippen molar-refractivity contribution in [3.8, 4) is 0 Å². The van der Waals surface area contributed by atoms with Crippen molar-refractivity contribution in [2.24, 2.45) is 0 Å². The summed E-state index contributed by atoms with van der Waals surface area (Å²) in [4.78, 5) is 55.8. The Morgan fingerprint density at radius 3 is 1.51 bits per heavy atom. The van der Waals surface area contributed by atoms with Crippen LogP contribution in [0, 0.1) is 0 Å². The zero-order chi connectivity index (χ0) is 41.4. The second kappa shape index (κ2) is 39.6. The van der Waals surface area contributed by atoms with Crippen LogP contribution in [-0.4, -0.2) is 136 Å². The van der Waals surface area contributed by atoms with Gasteiger partial charge in [-0.15, -0.1) is 0 Å². The van der Waals surface area contributed by atoms with E-state index in [9.17, 15) is 19.2 Å². The van der Waals surface area contributed by atoms with Gasteiger partial charge in [-0.2, -0.15) is 0 Å². The highest BCUT2D eigenvalue weighted by Crippen LogP contribution is 2.20. The fourth-order valence-corrected chi connectivity index (χ4v) is 8.06. The Morgan fingerprint density at radius 2 is 1.00 bits per heavy atom. The summed E-state index contributed by atoms with van der Waals surface area (Å²) >= 11 is 0. The molecule has 0 bridgehead atoms. The lowest BCUT2D eigenvalue weighted by Gasteiger charge is -2.32. The number of amides is 2. The first-order valence-corrected chi connectivity index (χ1v) is 25.1. The molecule has 1 N–H and O–H groups in total.